The average molecular weight is 546 g/mol. The van der Waals surface area contributed by atoms with Gasteiger partial charge in [0.1, 0.15) is 5.75 Å². The summed E-state index contributed by atoms with van der Waals surface area (Å²) in [6, 6.07) is 23.5. The molecule has 194 valence electrons. The van der Waals surface area contributed by atoms with Crippen LogP contribution >= 0.6 is 23.4 Å². The first-order chi connectivity index (χ1) is 18.5. The van der Waals surface area contributed by atoms with E-state index in [4.69, 9.17) is 16.3 Å². The van der Waals surface area contributed by atoms with Crippen molar-refractivity contribution in [2.24, 2.45) is 0 Å². The summed E-state index contributed by atoms with van der Waals surface area (Å²) in [5.74, 6) is 1.46. The molecule has 1 fully saturated rings. The third-order valence-corrected chi connectivity index (χ3v) is 7.47. The van der Waals surface area contributed by atoms with Crippen molar-refractivity contribution in [3.05, 3.63) is 93.9 Å². The Bertz CT molecular complexity index is 1430. The van der Waals surface area contributed by atoms with Crippen LogP contribution in [0.3, 0.4) is 0 Å². The molecular weight excluding hydrogens is 518 g/mol. The van der Waals surface area contributed by atoms with Crippen LogP contribution in [0.15, 0.2) is 82.9 Å². The molecule has 0 spiro atoms. The molecule has 1 saturated heterocycles. The van der Waals surface area contributed by atoms with Crippen LogP contribution < -0.4 is 9.64 Å². The fraction of sp³-hybridized carbons (Fsp3) is 0.207. The van der Waals surface area contributed by atoms with Crippen molar-refractivity contribution < 1.29 is 9.53 Å². The van der Waals surface area contributed by atoms with E-state index in [0.717, 1.165) is 41.2 Å². The quantitative estimate of drug-likeness (QED) is 0.229. The Kier molecular flexibility index (Phi) is 8.00. The Morgan fingerprint density at radius 1 is 1.03 bits per heavy atom. The molecule has 3 aromatic carbocycles. The number of methoxy groups -OCH3 is 1. The first kappa shape index (κ1) is 25.9. The Labute approximate surface area is 231 Å². The van der Waals surface area contributed by atoms with E-state index in [1.165, 1.54) is 11.8 Å². The maximum absolute atomic E-state index is 13.7. The first-order valence-electron chi connectivity index (χ1n) is 12.3. The van der Waals surface area contributed by atoms with Gasteiger partial charge in [0.25, 0.3) is 5.91 Å². The van der Waals surface area contributed by atoms with E-state index in [2.05, 4.69) is 20.1 Å². The lowest BCUT2D eigenvalue weighted by molar-refractivity contribution is -0.126. The Morgan fingerprint density at radius 2 is 1.76 bits per heavy atom. The number of H-pyrrole nitrogens is 1. The molecule has 0 aliphatic carbocycles. The smallest absolute Gasteiger partial charge is 0.260 e. The predicted octanol–water partition coefficient (Wildman–Crippen LogP) is 5.92. The van der Waals surface area contributed by atoms with Crippen LogP contribution in [-0.2, 0) is 4.79 Å². The molecule has 0 saturated carbocycles. The number of aromatic amines is 1. The fourth-order valence-electron chi connectivity index (χ4n) is 4.27. The highest BCUT2D eigenvalue weighted by atomic mass is 35.5. The molecule has 1 aliphatic rings. The fourth-order valence-corrected chi connectivity index (χ4v) is 5.24. The molecule has 4 aromatic rings. The Balaban J connectivity index is 1.33. The van der Waals surface area contributed by atoms with Crippen LogP contribution in [0.2, 0.25) is 5.02 Å². The lowest BCUT2D eigenvalue weighted by Crippen LogP contribution is -2.49. The standard InChI is InChI=1S/C29H28ClN5O2S/c1-20-4-3-5-22(18-20)27-31-29(33-32-27)38-26(19-21-6-8-23(30)9-7-21)28(36)35-16-14-34(15-17-35)24-10-12-25(37-2)13-11-24/h3-13,18-19H,14-17H2,1-2H3,(H,31,32,33)/b26-19+. The zero-order valence-electron chi connectivity index (χ0n) is 21.2. The minimum Gasteiger partial charge on any atom is -0.497 e. The van der Waals surface area contributed by atoms with Crippen molar-refractivity contribution in [1.82, 2.24) is 20.1 Å². The summed E-state index contributed by atoms with van der Waals surface area (Å²) in [5, 5.41) is 8.54. The summed E-state index contributed by atoms with van der Waals surface area (Å²) in [6.07, 6.45) is 1.88. The van der Waals surface area contributed by atoms with Gasteiger partial charge < -0.3 is 14.5 Å². The number of piperazine rings is 1. The SMILES string of the molecule is COc1ccc(N2CCN(C(=O)/C(=C\c3ccc(Cl)cc3)Sc3n[nH]c(-c4cccc(C)c4)n3)CC2)cc1. The Morgan fingerprint density at radius 3 is 2.45 bits per heavy atom. The number of ether oxygens (including phenoxy) is 1. The number of aryl methyl sites for hydroxylation is 1. The minimum absolute atomic E-state index is 0.0405. The number of rotatable bonds is 7. The third-order valence-electron chi connectivity index (χ3n) is 6.34. The van der Waals surface area contributed by atoms with Crippen LogP contribution in [0.5, 0.6) is 5.75 Å². The number of hydrogen-bond donors (Lipinski definition) is 1. The van der Waals surface area contributed by atoms with Gasteiger partial charge in [-0.25, -0.2) is 4.98 Å². The van der Waals surface area contributed by atoms with Crippen LogP contribution in [0, 0.1) is 6.92 Å². The lowest BCUT2D eigenvalue weighted by Gasteiger charge is -2.36. The van der Waals surface area contributed by atoms with E-state index in [-0.39, 0.29) is 5.91 Å². The molecule has 5 rings (SSSR count). The number of amides is 1. The second kappa shape index (κ2) is 11.8. The zero-order chi connectivity index (χ0) is 26.5. The van der Waals surface area contributed by atoms with Crippen molar-refractivity contribution in [1.29, 1.82) is 0 Å². The summed E-state index contributed by atoms with van der Waals surface area (Å²) in [7, 11) is 1.66. The molecule has 0 unspecified atom stereocenters. The maximum atomic E-state index is 13.7. The number of nitrogens with zero attached hydrogens (tertiary/aromatic N) is 4. The topological polar surface area (TPSA) is 74.3 Å². The summed E-state index contributed by atoms with van der Waals surface area (Å²) in [6.45, 7) is 4.76. The zero-order valence-corrected chi connectivity index (χ0v) is 22.8. The maximum Gasteiger partial charge on any atom is 0.260 e. The van der Waals surface area contributed by atoms with Gasteiger partial charge in [0, 0.05) is 42.5 Å². The molecule has 1 N–H and O–H groups in total. The molecule has 0 bridgehead atoms. The summed E-state index contributed by atoms with van der Waals surface area (Å²) in [4.78, 5) is 23.1. The molecule has 9 heteroatoms. The third kappa shape index (κ3) is 6.20. The van der Waals surface area contributed by atoms with Crippen LogP contribution in [0.25, 0.3) is 17.5 Å². The van der Waals surface area contributed by atoms with E-state index in [9.17, 15) is 4.79 Å². The van der Waals surface area contributed by atoms with E-state index < -0.39 is 0 Å². The van der Waals surface area contributed by atoms with Gasteiger partial charge >= 0.3 is 0 Å². The molecule has 0 atom stereocenters. The predicted molar refractivity (Wildman–Crippen MR) is 154 cm³/mol. The Hall–Kier alpha value is -3.75. The number of carbonyl (C=O) groups is 1. The van der Waals surface area contributed by atoms with Crippen molar-refractivity contribution in [2.45, 2.75) is 12.1 Å². The van der Waals surface area contributed by atoms with Crippen molar-refractivity contribution in [2.75, 3.05) is 38.2 Å². The molecular formula is C29H28ClN5O2S. The summed E-state index contributed by atoms with van der Waals surface area (Å²) >= 11 is 7.35. The van der Waals surface area contributed by atoms with Crippen molar-refractivity contribution in [3.8, 4) is 17.1 Å². The highest BCUT2D eigenvalue weighted by Gasteiger charge is 2.25. The van der Waals surface area contributed by atoms with Gasteiger partial charge in [-0.15, -0.1) is 5.10 Å². The summed E-state index contributed by atoms with van der Waals surface area (Å²) < 4.78 is 5.27. The van der Waals surface area contributed by atoms with E-state index in [1.807, 2.05) is 90.7 Å². The highest BCUT2D eigenvalue weighted by molar-refractivity contribution is 8.04. The second-order valence-corrected chi connectivity index (χ2v) is 10.4. The van der Waals surface area contributed by atoms with Gasteiger partial charge in [-0.2, -0.15) is 0 Å². The number of benzene rings is 3. The van der Waals surface area contributed by atoms with Crippen LogP contribution in [0.1, 0.15) is 11.1 Å². The molecule has 1 amide bonds. The normalized spacial score (nSPS) is 14.0. The van der Waals surface area contributed by atoms with Gasteiger partial charge in [-0.05, 0) is 72.8 Å². The number of carbonyl (C=O) groups excluding carboxylic acids is 1. The molecule has 7 nitrogen and oxygen atoms in total. The van der Waals surface area contributed by atoms with E-state index in [1.54, 1.807) is 7.11 Å². The second-order valence-electron chi connectivity index (χ2n) is 8.98. The van der Waals surface area contributed by atoms with Gasteiger partial charge in [0.05, 0.1) is 12.0 Å². The monoisotopic (exact) mass is 545 g/mol. The highest BCUT2D eigenvalue weighted by Crippen LogP contribution is 2.30. The number of nitrogens with one attached hydrogen (secondary N) is 1. The number of hydrogen-bond acceptors (Lipinski definition) is 6. The minimum atomic E-state index is -0.0405. The summed E-state index contributed by atoms with van der Waals surface area (Å²) in [5.41, 5.74) is 4.10. The number of aromatic nitrogens is 3. The van der Waals surface area contributed by atoms with Gasteiger partial charge in [-0.3, -0.25) is 9.89 Å². The van der Waals surface area contributed by atoms with Crippen LogP contribution in [0.4, 0.5) is 5.69 Å². The largest absolute Gasteiger partial charge is 0.497 e. The van der Waals surface area contributed by atoms with Crippen molar-refractivity contribution >= 4 is 41.0 Å². The molecule has 38 heavy (non-hydrogen) atoms. The molecule has 1 aromatic heterocycles. The van der Waals surface area contributed by atoms with Crippen molar-refractivity contribution in [3.63, 3.8) is 0 Å². The number of anilines is 1. The number of halogens is 1. The van der Waals surface area contributed by atoms with Gasteiger partial charge in [0.15, 0.2) is 5.82 Å². The molecule has 1 aliphatic heterocycles. The molecule has 2 heterocycles. The first-order valence-corrected chi connectivity index (χ1v) is 13.5. The van der Waals surface area contributed by atoms with E-state index >= 15 is 0 Å². The van der Waals surface area contributed by atoms with Crippen LogP contribution in [-0.4, -0.2) is 59.3 Å². The van der Waals surface area contributed by atoms with Gasteiger partial charge in [0.2, 0.25) is 5.16 Å². The van der Waals surface area contributed by atoms with E-state index in [0.29, 0.717) is 34.0 Å². The molecule has 0 radical (unpaired) electrons. The van der Waals surface area contributed by atoms with Gasteiger partial charge in [-0.1, -0.05) is 47.5 Å². The number of thioether (sulfide) groups is 1. The lowest BCUT2D eigenvalue weighted by atomic mass is 10.1. The average Bonchev–Trinajstić information content (AvgIpc) is 3.42.